The molecule has 1 aromatic carbocycles. The highest BCUT2D eigenvalue weighted by Crippen LogP contribution is 2.29. The number of halogens is 1. The summed E-state index contributed by atoms with van der Waals surface area (Å²) in [5, 5.41) is 8.77. The Balaban J connectivity index is 2.13. The SMILES string of the molecule is CN(Cc1cc(C(=O)OCCO)cc(Br)c1N)C1CCCCC1. The maximum absolute atomic E-state index is 12.0. The van der Waals surface area contributed by atoms with Crippen molar-refractivity contribution >= 4 is 27.6 Å². The number of anilines is 1. The van der Waals surface area contributed by atoms with Crippen molar-refractivity contribution in [2.75, 3.05) is 26.0 Å². The lowest BCUT2D eigenvalue weighted by atomic mass is 9.94. The van der Waals surface area contributed by atoms with Crippen LogP contribution in [-0.2, 0) is 11.3 Å². The van der Waals surface area contributed by atoms with Crippen molar-refractivity contribution in [3.05, 3.63) is 27.7 Å². The third-order valence-corrected chi connectivity index (χ3v) is 5.05. The van der Waals surface area contributed by atoms with Gasteiger partial charge in [0.1, 0.15) is 6.61 Å². The molecule has 23 heavy (non-hydrogen) atoms. The van der Waals surface area contributed by atoms with E-state index in [0.29, 0.717) is 28.3 Å². The quantitative estimate of drug-likeness (QED) is 0.582. The molecule has 1 aliphatic rings. The molecule has 0 atom stereocenters. The highest BCUT2D eigenvalue weighted by molar-refractivity contribution is 9.10. The lowest BCUT2D eigenvalue weighted by Crippen LogP contribution is -2.33. The fraction of sp³-hybridized carbons (Fsp3) is 0.588. The molecule has 1 saturated carbocycles. The molecule has 0 heterocycles. The molecule has 5 nitrogen and oxygen atoms in total. The Hall–Kier alpha value is -1.11. The molecule has 1 aliphatic carbocycles. The van der Waals surface area contributed by atoms with Crippen LogP contribution >= 0.6 is 15.9 Å². The molecule has 0 radical (unpaired) electrons. The van der Waals surface area contributed by atoms with E-state index < -0.39 is 5.97 Å². The van der Waals surface area contributed by atoms with Gasteiger partial charge in [0.05, 0.1) is 17.9 Å². The van der Waals surface area contributed by atoms with E-state index in [4.69, 9.17) is 15.6 Å². The summed E-state index contributed by atoms with van der Waals surface area (Å²) in [7, 11) is 2.11. The van der Waals surface area contributed by atoms with Crippen molar-refractivity contribution in [2.24, 2.45) is 0 Å². The van der Waals surface area contributed by atoms with Crippen LogP contribution in [-0.4, -0.2) is 42.3 Å². The molecule has 0 bridgehead atoms. The van der Waals surface area contributed by atoms with Gasteiger partial charge in [-0.2, -0.15) is 0 Å². The summed E-state index contributed by atoms with van der Waals surface area (Å²) in [5.74, 6) is -0.443. The number of rotatable bonds is 6. The van der Waals surface area contributed by atoms with E-state index in [2.05, 4.69) is 27.9 Å². The van der Waals surface area contributed by atoms with Gasteiger partial charge >= 0.3 is 5.97 Å². The van der Waals surface area contributed by atoms with Gasteiger partial charge in [-0.25, -0.2) is 4.79 Å². The number of esters is 1. The number of aliphatic hydroxyl groups excluding tert-OH is 1. The van der Waals surface area contributed by atoms with Crippen LogP contribution < -0.4 is 5.73 Å². The van der Waals surface area contributed by atoms with Crippen LogP contribution in [0.5, 0.6) is 0 Å². The molecular formula is C17H25BrN2O3. The minimum Gasteiger partial charge on any atom is -0.460 e. The molecule has 3 N–H and O–H groups in total. The van der Waals surface area contributed by atoms with Gasteiger partial charge < -0.3 is 15.6 Å². The van der Waals surface area contributed by atoms with Crippen molar-refractivity contribution in [2.45, 2.75) is 44.7 Å². The monoisotopic (exact) mass is 384 g/mol. The number of carbonyl (C=O) groups is 1. The molecule has 0 amide bonds. The standard InChI is InChI=1S/C17H25BrN2O3/c1-20(14-5-3-2-4-6-14)11-13-9-12(10-15(18)16(13)19)17(22)23-8-7-21/h9-10,14,21H,2-8,11,19H2,1H3. The molecular weight excluding hydrogens is 360 g/mol. The molecule has 6 heteroatoms. The second-order valence-corrected chi connectivity index (χ2v) is 6.95. The average molecular weight is 385 g/mol. The maximum atomic E-state index is 12.0. The van der Waals surface area contributed by atoms with Crippen LogP contribution in [0, 0.1) is 0 Å². The smallest absolute Gasteiger partial charge is 0.338 e. The summed E-state index contributed by atoms with van der Waals surface area (Å²) in [6, 6.07) is 4.03. The van der Waals surface area contributed by atoms with E-state index >= 15 is 0 Å². The van der Waals surface area contributed by atoms with Crippen molar-refractivity contribution in [1.29, 1.82) is 0 Å². The van der Waals surface area contributed by atoms with Crippen LogP contribution in [0.4, 0.5) is 5.69 Å². The molecule has 0 saturated heterocycles. The third kappa shape index (κ3) is 4.93. The Morgan fingerprint density at radius 1 is 1.39 bits per heavy atom. The summed E-state index contributed by atoms with van der Waals surface area (Å²) in [5.41, 5.74) is 8.19. The first-order valence-electron chi connectivity index (χ1n) is 8.09. The predicted octanol–water partition coefficient (Wildman–Crippen LogP) is 2.94. The van der Waals surface area contributed by atoms with Crippen LogP contribution in [0.2, 0.25) is 0 Å². The molecule has 0 aliphatic heterocycles. The Morgan fingerprint density at radius 2 is 2.09 bits per heavy atom. The first kappa shape index (κ1) is 18.2. The van der Waals surface area contributed by atoms with Gasteiger partial charge in [0, 0.05) is 17.1 Å². The van der Waals surface area contributed by atoms with Crippen LogP contribution in [0.3, 0.4) is 0 Å². The Kier molecular flexibility index (Phi) is 6.87. The van der Waals surface area contributed by atoms with E-state index in [-0.39, 0.29) is 13.2 Å². The van der Waals surface area contributed by atoms with E-state index in [1.807, 2.05) is 0 Å². The Bertz CT molecular complexity index is 545. The van der Waals surface area contributed by atoms with Gasteiger partial charge in [-0.15, -0.1) is 0 Å². The number of benzene rings is 1. The van der Waals surface area contributed by atoms with E-state index in [0.717, 1.165) is 5.56 Å². The van der Waals surface area contributed by atoms with Crippen molar-refractivity contribution < 1.29 is 14.6 Å². The first-order valence-corrected chi connectivity index (χ1v) is 8.88. The number of hydrogen-bond donors (Lipinski definition) is 2. The first-order chi connectivity index (χ1) is 11.0. The van der Waals surface area contributed by atoms with Gasteiger partial charge in [-0.05, 0) is 53.5 Å². The molecule has 0 spiro atoms. The second kappa shape index (κ2) is 8.66. The number of aliphatic hydroxyl groups is 1. The van der Waals surface area contributed by atoms with Crippen molar-refractivity contribution in [3.63, 3.8) is 0 Å². The number of carbonyl (C=O) groups excluding carboxylic acids is 1. The van der Waals surface area contributed by atoms with Gasteiger partial charge in [0.15, 0.2) is 0 Å². The third-order valence-electron chi connectivity index (χ3n) is 4.39. The number of nitrogens with zero attached hydrogens (tertiary/aromatic N) is 1. The number of hydrogen-bond acceptors (Lipinski definition) is 5. The summed E-state index contributed by atoms with van der Waals surface area (Å²) in [4.78, 5) is 14.3. The summed E-state index contributed by atoms with van der Waals surface area (Å²) >= 11 is 3.42. The number of ether oxygens (including phenoxy) is 1. The molecule has 128 valence electrons. The average Bonchev–Trinajstić information content (AvgIpc) is 2.57. The van der Waals surface area contributed by atoms with Crippen LogP contribution in [0.1, 0.15) is 48.0 Å². The molecule has 0 unspecified atom stereocenters. The highest BCUT2D eigenvalue weighted by atomic mass is 79.9. The van der Waals surface area contributed by atoms with E-state index in [9.17, 15) is 4.79 Å². The van der Waals surface area contributed by atoms with E-state index in [1.165, 1.54) is 32.1 Å². The largest absolute Gasteiger partial charge is 0.460 e. The summed E-state index contributed by atoms with van der Waals surface area (Å²) in [6.45, 7) is 0.521. The van der Waals surface area contributed by atoms with Crippen LogP contribution in [0.25, 0.3) is 0 Å². The number of nitrogen functional groups attached to an aromatic ring is 1. The van der Waals surface area contributed by atoms with Crippen molar-refractivity contribution in [1.82, 2.24) is 4.90 Å². The summed E-state index contributed by atoms with van der Waals surface area (Å²) in [6.07, 6.45) is 6.32. The molecule has 1 fully saturated rings. The van der Waals surface area contributed by atoms with Crippen molar-refractivity contribution in [3.8, 4) is 0 Å². The maximum Gasteiger partial charge on any atom is 0.338 e. The number of nitrogens with two attached hydrogens (primary N) is 1. The zero-order chi connectivity index (χ0) is 16.8. The normalized spacial score (nSPS) is 15.8. The minimum absolute atomic E-state index is 0.00185. The zero-order valence-corrected chi connectivity index (χ0v) is 15.1. The summed E-state index contributed by atoms with van der Waals surface area (Å²) < 4.78 is 5.68. The Morgan fingerprint density at radius 3 is 2.74 bits per heavy atom. The fourth-order valence-corrected chi connectivity index (χ4v) is 3.57. The topological polar surface area (TPSA) is 75.8 Å². The van der Waals surface area contributed by atoms with Crippen LogP contribution in [0.15, 0.2) is 16.6 Å². The van der Waals surface area contributed by atoms with Gasteiger partial charge in [-0.3, -0.25) is 4.90 Å². The molecule has 0 aromatic heterocycles. The van der Waals surface area contributed by atoms with Gasteiger partial charge in [-0.1, -0.05) is 19.3 Å². The second-order valence-electron chi connectivity index (χ2n) is 6.10. The lowest BCUT2D eigenvalue weighted by molar-refractivity contribution is 0.0433. The minimum atomic E-state index is -0.443. The van der Waals surface area contributed by atoms with E-state index in [1.54, 1.807) is 12.1 Å². The Labute approximate surface area is 145 Å². The molecule has 2 rings (SSSR count). The lowest BCUT2D eigenvalue weighted by Gasteiger charge is -2.31. The fourth-order valence-electron chi connectivity index (χ4n) is 3.06. The predicted molar refractivity (Wildman–Crippen MR) is 94.3 cm³/mol. The van der Waals surface area contributed by atoms with Gasteiger partial charge in [0.25, 0.3) is 0 Å². The highest BCUT2D eigenvalue weighted by Gasteiger charge is 2.20. The van der Waals surface area contributed by atoms with Gasteiger partial charge in [0.2, 0.25) is 0 Å². The zero-order valence-electron chi connectivity index (χ0n) is 13.6. The molecule has 1 aromatic rings.